The largest absolute Gasteiger partial charge is 0.303 e. The molecule has 1 saturated carbocycles. The molecule has 15 heavy (non-hydrogen) atoms. The number of hydrogen-bond donors (Lipinski definition) is 0. The van der Waals surface area contributed by atoms with E-state index >= 15 is 0 Å². The Morgan fingerprint density at radius 3 is 1.87 bits per heavy atom. The number of rotatable bonds is 3. The van der Waals surface area contributed by atoms with Gasteiger partial charge in [-0.3, -0.25) is 0 Å². The van der Waals surface area contributed by atoms with Crippen molar-refractivity contribution in [1.82, 2.24) is 4.90 Å². The van der Waals surface area contributed by atoms with Crippen LogP contribution in [0.1, 0.15) is 46.0 Å². The monoisotopic (exact) mass is 275 g/mol. The Hall–Kier alpha value is 0.440. The minimum atomic E-state index is 0. The molecule has 0 aromatic rings. The molecule has 2 aliphatic heterocycles. The molecule has 2 saturated heterocycles. The van der Waals surface area contributed by atoms with E-state index in [4.69, 9.17) is 0 Å². The van der Waals surface area contributed by atoms with Gasteiger partial charge in [-0.1, -0.05) is 13.8 Å². The second-order valence-corrected chi connectivity index (χ2v) is 5.83. The third kappa shape index (κ3) is 4.07. The van der Waals surface area contributed by atoms with Crippen LogP contribution in [0.2, 0.25) is 0 Å². The maximum absolute atomic E-state index is 2.75. The molecule has 0 atom stereocenters. The predicted molar refractivity (Wildman–Crippen MR) is 71.7 cm³/mol. The van der Waals surface area contributed by atoms with Crippen molar-refractivity contribution in [3.05, 3.63) is 0 Å². The van der Waals surface area contributed by atoms with Crippen LogP contribution in [0.4, 0.5) is 0 Å². The Morgan fingerprint density at radius 2 is 1.47 bits per heavy atom. The zero-order valence-corrected chi connectivity index (χ0v) is 12.0. The van der Waals surface area contributed by atoms with Crippen molar-refractivity contribution in [3.63, 3.8) is 0 Å². The zero-order chi connectivity index (χ0) is 9.97. The van der Waals surface area contributed by atoms with Gasteiger partial charge >= 0.3 is 0 Å². The first-order valence-corrected chi connectivity index (χ1v) is 6.46. The van der Waals surface area contributed by atoms with Gasteiger partial charge < -0.3 is 4.90 Å². The molecule has 0 amide bonds. The minimum absolute atomic E-state index is 0. The molecule has 90 valence electrons. The molecule has 0 radical (unpaired) electrons. The average molecular weight is 276 g/mol. The second kappa shape index (κ2) is 6.24. The second-order valence-electron chi connectivity index (χ2n) is 5.83. The molecule has 0 unspecified atom stereocenters. The molecule has 1 nitrogen and oxygen atoms in total. The van der Waals surface area contributed by atoms with E-state index in [-0.39, 0.29) is 17.0 Å². The molecular formula is C13H26BrN. The van der Waals surface area contributed by atoms with Crippen molar-refractivity contribution in [3.8, 4) is 0 Å². The van der Waals surface area contributed by atoms with Crippen molar-refractivity contribution in [2.24, 2.45) is 17.8 Å². The van der Waals surface area contributed by atoms with Crippen LogP contribution in [0, 0.1) is 17.8 Å². The van der Waals surface area contributed by atoms with E-state index in [1.807, 2.05) is 0 Å². The lowest BCUT2D eigenvalue weighted by molar-refractivity contribution is 0.238. The molecule has 3 rings (SSSR count). The van der Waals surface area contributed by atoms with Crippen LogP contribution in [0.5, 0.6) is 0 Å². The molecule has 0 aromatic carbocycles. The van der Waals surface area contributed by atoms with Crippen molar-refractivity contribution in [2.75, 3.05) is 19.6 Å². The van der Waals surface area contributed by atoms with Crippen LogP contribution in [0.15, 0.2) is 0 Å². The quantitative estimate of drug-likeness (QED) is 0.759. The van der Waals surface area contributed by atoms with Crippen LogP contribution in [0.25, 0.3) is 0 Å². The molecule has 0 aromatic heterocycles. The Labute approximate surface area is 105 Å². The minimum Gasteiger partial charge on any atom is -0.303 e. The van der Waals surface area contributed by atoms with Crippen LogP contribution in [-0.2, 0) is 0 Å². The summed E-state index contributed by atoms with van der Waals surface area (Å²) in [5, 5.41) is 0. The molecule has 3 fully saturated rings. The van der Waals surface area contributed by atoms with Gasteiger partial charge in [0.2, 0.25) is 0 Å². The van der Waals surface area contributed by atoms with Crippen LogP contribution in [-0.4, -0.2) is 24.5 Å². The number of nitrogens with zero attached hydrogens (tertiary/aromatic N) is 1. The van der Waals surface area contributed by atoms with Gasteiger partial charge in [0.15, 0.2) is 0 Å². The Bertz CT molecular complexity index is 159. The topological polar surface area (TPSA) is 3.24 Å². The van der Waals surface area contributed by atoms with E-state index < -0.39 is 0 Å². The Balaban J connectivity index is 0.00000112. The molecule has 2 heterocycles. The predicted octanol–water partition coefficient (Wildman–Crippen LogP) is 3.73. The summed E-state index contributed by atoms with van der Waals surface area (Å²) in [7, 11) is 0. The van der Waals surface area contributed by atoms with Gasteiger partial charge in [0.1, 0.15) is 0 Å². The van der Waals surface area contributed by atoms with Gasteiger partial charge in [0.05, 0.1) is 0 Å². The van der Waals surface area contributed by atoms with E-state index in [1.165, 1.54) is 51.7 Å². The average Bonchev–Trinajstić information content (AvgIpc) is 2.46. The molecule has 0 spiro atoms. The van der Waals surface area contributed by atoms with Gasteiger partial charge in [-0.15, -0.1) is 17.0 Å². The lowest BCUT2D eigenvalue weighted by atomic mass is 9.84. The van der Waals surface area contributed by atoms with Crippen molar-refractivity contribution in [1.29, 1.82) is 0 Å². The highest BCUT2D eigenvalue weighted by molar-refractivity contribution is 8.93. The van der Waals surface area contributed by atoms with E-state index in [2.05, 4.69) is 18.7 Å². The fourth-order valence-electron chi connectivity index (χ4n) is 3.02. The van der Waals surface area contributed by atoms with Gasteiger partial charge in [-0.25, -0.2) is 0 Å². The third-order valence-corrected chi connectivity index (χ3v) is 4.02. The maximum Gasteiger partial charge on any atom is 0.000978 e. The van der Waals surface area contributed by atoms with Crippen molar-refractivity contribution >= 4 is 17.0 Å². The first-order chi connectivity index (χ1) is 6.74. The zero-order valence-electron chi connectivity index (χ0n) is 10.2. The summed E-state index contributed by atoms with van der Waals surface area (Å²) >= 11 is 0. The number of fused-ring (bicyclic) bond motifs is 4. The van der Waals surface area contributed by atoms with Crippen LogP contribution < -0.4 is 0 Å². The van der Waals surface area contributed by atoms with Gasteiger partial charge in [0, 0.05) is 13.1 Å². The van der Waals surface area contributed by atoms with Crippen molar-refractivity contribution in [2.45, 2.75) is 46.0 Å². The highest BCUT2D eigenvalue weighted by Gasteiger charge is 2.28. The third-order valence-electron chi connectivity index (χ3n) is 4.02. The number of halogens is 1. The smallest absolute Gasteiger partial charge is 0.000978 e. The fourth-order valence-corrected chi connectivity index (χ4v) is 3.02. The first kappa shape index (κ1) is 13.5. The van der Waals surface area contributed by atoms with E-state index in [0.29, 0.717) is 0 Å². The van der Waals surface area contributed by atoms with Gasteiger partial charge in [-0.05, 0) is 56.4 Å². The van der Waals surface area contributed by atoms with Crippen LogP contribution in [0.3, 0.4) is 0 Å². The normalized spacial score (nSPS) is 31.4. The van der Waals surface area contributed by atoms with E-state index in [9.17, 15) is 0 Å². The summed E-state index contributed by atoms with van der Waals surface area (Å²) in [6.07, 6.45) is 7.46. The Kier molecular flexibility index (Phi) is 5.62. The van der Waals surface area contributed by atoms with Crippen molar-refractivity contribution < 1.29 is 0 Å². The fraction of sp³-hybridized carbons (Fsp3) is 1.00. The molecular weight excluding hydrogens is 250 g/mol. The highest BCUT2D eigenvalue weighted by Crippen LogP contribution is 2.33. The summed E-state index contributed by atoms with van der Waals surface area (Å²) in [4.78, 5) is 2.75. The standard InChI is InChI=1S/C13H25N.BrH/c1-11(2)7-8-14-9-12-3-4-13(10-14)6-5-12;/h11-13H,3-10H2,1-2H3;1H. The molecule has 2 heteroatoms. The first-order valence-electron chi connectivity index (χ1n) is 6.46. The highest BCUT2D eigenvalue weighted by atomic mass is 79.9. The summed E-state index contributed by atoms with van der Waals surface area (Å²) in [6, 6.07) is 0. The van der Waals surface area contributed by atoms with Gasteiger partial charge in [-0.2, -0.15) is 0 Å². The summed E-state index contributed by atoms with van der Waals surface area (Å²) in [6.45, 7) is 8.84. The maximum atomic E-state index is 2.75. The lowest BCUT2D eigenvalue weighted by Crippen LogP contribution is -2.30. The lowest BCUT2D eigenvalue weighted by Gasteiger charge is -2.22. The molecule has 2 bridgehead atoms. The summed E-state index contributed by atoms with van der Waals surface area (Å²) in [5.74, 6) is 2.96. The molecule has 3 aliphatic rings. The van der Waals surface area contributed by atoms with E-state index in [0.717, 1.165) is 17.8 Å². The van der Waals surface area contributed by atoms with E-state index in [1.54, 1.807) is 0 Å². The Morgan fingerprint density at radius 1 is 1.00 bits per heavy atom. The molecule has 1 aliphatic carbocycles. The summed E-state index contributed by atoms with van der Waals surface area (Å²) in [5.41, 5.74) is 0. The van der Waals surface area contributed by atoms with Gasteiger partial charge in [0.25, 0.3) is 0 Å². The molecule has 0 N–H and O–H groups in total. The summed E-state index contributed by atoms with van der Waals surface area (Å²) < 4.78 is 0. The number of hydrogen-bond acceptors (Lipinski definition) is 1. The SMILES string of the molecule is Br.CC(C)CCN1CC2CCC(CC2)C1. The van der Waals surface area contributed by atoms with Crippen LogP contribution >= 0.6 is 17.0 Å².